The largest absolute Gasteiger partial charge is 0.350 e. The Morgan fingerprint density at radius 2 is 2.31 bits per heavy atom. The summed E-state index contributed by atoms with van der Waals surface area (Å²) in [7, 11) is 1.64. The van der Waals surface area contributed by atoms with E-state index >= 15 is 0 Å². The van der Waals surface area contributed by atoms with E-state index in [0.29, 0.717) is 12.1 Å². The highest BCUT2D eigenvalue weighted by Gasteiger charge is 2.09. The number of carbonyl (C=O) groups excluding carboxylic acids is 1. The highest BCUT2D eigenvalue weighted by atomic mass is 16.2. The van der Waals surface area contributed by atoms with Crippen LogP contribution in [-0.2, 0) is 7.05 Å². The van der Waals surface area contributed by atoms with Crippen molar-refractivity contribution < 1.29 is 4.79 Å². The van der Waals surface area contributed by atoms with Gasteiger partial charge in [-0.2, -0.15) is 0 Å². The van der Waals surface area contributed by atoms with Crippen LogP contribution in [0.3, 0.4) is 0 Å². The Morgan fingerprint density at radius 3 is 2.88 bits per heavy atom. The molecule has 1 unspecified atom stereocenters. The molecular weight excluding hydrogens is 206 g/mol. The van der Waals surface area contributed by atoms with Gasteiger partial charge in [-0.25, -0.2) is 0 Å². The van der Waals surface area contributed by atoms with E-state index in [1.54, 1.807) is 19.3 Å². The van der Waals surface area contributed by atoms with Crippen LogP contribution in [0.4, 0.5) is 0 Å². The summed E-state index contributed by atoms with van der Waals surface area (Å²) in [5.41, 5.74) is 5.57. The summed E-state index contributed by atoms with van der Waals surface area (Å²) in [6.45, 7) is 2.41. The van der Waals surface area contributed by atoms with E-state index in [9.17, 15) is 9.59 Å². The predicted molar refractivity (Wildman–Crippen MR) is 62.3 cm³/mol. The van der Waals surface area contributed by atoms with Crippen LogP contribution >= 0.6 is 0 Å². The first-order chi connectivity index (χ1) is 7.54. The van der Waals surface area contributed by atoms with Crippen LogP contribution in [-0.4, -0.2) is 23.1 Å². The first-order valence-corrected chi connectivity index (χ1v) is 5.22. The van der Waals surface area contributed by atoms with Crippen molar-refractivity contribution in [1.82, 2.24) is 9.88 Å². The molecule has 1 aromatic heterocycles. The second-order valence-electron chi connectivity index (χ2n) is 3.82. The summed E-state index contributed by atoms with van der Waals surface area (Å²) < 4.78 is 1.42. The molecule has 0 saturated heterocycles. The number of hydrogen-bond donors (Lipinski definition) is 2. The second-order valence-corrected chi connectivity index (χ2v) is 3.82. The average molecular weight is 223 g/mol. The van der Waals surface area contributed by atoms with Gasteiger partial charge in [-0.1, -0.05) is 0 Å². The molecule has 0 bridgehead atoms. The van der Waals surface area contributed by atoms with Crippen molar-refractivity contribution in [3.63, 3.8) is 0 Å². The lowest BCUT2D eigenvalue weighted by molar-refractivity contribution is 0.0938. The summed E-state index contributed by atoms with van der Waals surface area (Å²) >= 11 is 0. The van der Waals surface area contributed by atoms with Crippen molar-refractivity contribution in [3.05, 3.63) is 34.2 Å². The van der Waals surface area contributed by atoms with Gasteiger partial charge in [-0.05, 0) is 26.0 Å². The summed E-state index contributed by atoms with van der Waals surface area (Å²) in [5, 5.41) is 2.78. The van der Waals surface area contributed by atoms with Crippen LogP contribution in [0.15, 0.2) is 23.1 Å². The number of aromatic nitrogens is 1. The van der Waals surface area contributed by atoms with Crippen molar-refractivity contribution in [2.75, 3.05) is 6.54 Å². The average Bonchev–Trinajstić information content (AvgIpc) is 2.22. The topological polar surface area (TPSA) is 77.1 Å². The Hall–Kier alpha value is -1.62. The van der Waals surface area contributed by atoms with Gasteiger partial charge in [-0.15, -0.1) is 0 Å². The first kappa shape index (κ1) is 12.4. The van der Waals surface area contributed by atoms with Crippen molar-refractivity contribution >= 4 is 5.91 Å². The Labute approximate surface area is 94.3 Å². The minimum absolute atomic E-state index is 0.0153. The van der Waals surface area contributed by atoms with E-state index in [2.05, 4.69) is 5.32 Å². The summed E-state index contributed by atoms with van der Waals surface area (Å²) in [4.78, 5) is 23.0. The number of aryl methyl sites for hydroxylation is 1. The normalized spacial score (nSPS) is 12.2. The molecule has 0 aliphatic carbocycles. The van der Waals surface area contributed by atoms with E-state index in [-0.39, 0.29) is 17.5 Å². The molecule has 0 fully saturated rings. The van der Waals surface area contributed by atoms with Gasteiger partial charge < -0.3 is 15.6 Å². The zero-order valence-corrected chi connectivity index (χ0v) is 9.56. The fraction of sp³-hybridized carbons (Fsp3) is 0.455. The Balaban J connectivity index is 2.73. The smallest absolute Gasteiger partial charge is 0.251 e. The maximum Gasteiger partial charge on any atom is 0.251 e. The van der Waals surface area contributed by atoms with Gasteiger partial charge in [0.2, 0.25) is 0 Å². The number of amides is 1. The van der Waals surface area contributed by atoms with Gasteiger partial charge in [0.1, 0.15) is 0 Å². The predicted octanol–water partition coefficient (Wildman–Crippen LogP) is -0.148. The summed E-state index contributed by atoms with van der Waals surface area (Å²) in [6.07, 6.45) is 2.29. The third-order valence-corrected chi connectivity index (χ3v) is 2.34. The van der Waals surface area contributed by atoms with Crippen LogP contribution in [0.25, 0.3) is 0 Å². The van der Waals surface area contributed by atoms with Crippen molar-refractivity contribution in [2.45, 2.75) is 19.4 Å². The minimum Gasteiger partial charge on any atom is -0.350 e. The standard InChI is InChI=1S/C11H17N3O2/c1-8(3-5-12)13-11(16)9-4-6-14(2)10(15)7-9/h4,6-8H,3,5,12H2,1-2H3,(H,13,16). The Morgan fingerprint density at radius 1 is 1.62 bits per heavy atom. The quantitative estimate of drug-likeness (QED) is 0.745. The first-order valence-electron chi connectivity index (χ1n) is 5.22. The van der Waals surface area contributed by atoms with Crippen LogP contribution in [0.2, 0.25) is 0 Å². The van der Waals surface area contributed by atoms with E-state index in [0.717, 1.165) is 6.42 Å². The molecule has 3 N–H and O–H groups in total. The number of nitrogens with two attached hydrogens (primary N) is 1. The van der Waals surface area contributed by atoms with Crippen molar-refractivity contribution in [1.29, 1.82) is 0 Å². The molecule has 0 spiro atoms. The molecule has 16 heavy (non-hydrogen) atoms. The molecular formula is C11H17N3O2. The fourth-order valence-electron chi connectivity index (χ4n) is 1.32. The van der Waals surface area contributed by atoms with Crippen LogP contribution in [0, 0.1) is 0 Å². The molecule has 0 aromatic carbocycles. The van der Waals surface area contributed by atoms with Gasteiger partial charge in [-0.3, -0.25) is 9.59 Å². The van der Waals surface area contributed by atoms with Gasteiger partial charge in [0, 0.05) is 30.9 Å². The molecule has 0 aliphatic rings. The van der Waals surface area contributed by atoms with Gasteiger partial charge in [0.25, 0.3) is 11.5 Å². The molecule has 1 rings (SSSR count). The molecule has 0 aliphatic heterocycles. The maximum absolute atomic E-state index is 11.7. The molecule has 1 atom stereocenters. The van der Waals surface area contributed by atoms with Crippen LogP contribution in [0.5, 0.6) is 0 Å². The van der Waals surface area contributed by atoms with Crippen LogP contribution in [0.1, 0.15) is 23.7 Å². The lowest BCUT2D eigenvalue weighted by Gasteiger charge is -2.12. The zero-order valence-electron chi connectivity index (χ0n) is 9.56. The lowest BCUT2D eigenvalue weighted by atomic mass is 10.2. The highest BCUT2D eigenvalue weighted by molar-refractivity contribution is 5.94. The third kappa shape index (κ3) is 3.20. The van der Waals surface area contributed by atoms with Gasteiger partial charge in [0.15, 0.2) is 0 Å². The monoisotopic (exact) mass is 223 g/mol. The van der Waals surface area contributed by atoms with E-state index in [4.69, 9.17) is 5.73 Å². The van der Waals surface area contributed by atoms with E-state index < -0.39 is 0 Å². The van der Waals surface area contributed by atoms with Gasteiger partial charge >= 0.3 is 0 Å². The molecule has 5 nitrogen and oxygen atoms in total. The number of carbonyl (C=O) groups is 1. The molecule has 88 valence electrons. The molecule has 0 saturated carbocycles. The number of nitrogens with zero attached hydrogens (tertiary/aromatic N) is 1. The highest BCUT2D eigenvalue weighted by Crippen LogP contribution is 1.96. The number of hydrogen-bond acceptors (Lipinski definition) is 3. The summed E-state index contributed by atoms with van der Waals surface area (Å²) in [6, 6.07) is 2.96. The SMILES string of the molecule is CC(CCN)NC(=O)c1ccn(C)c(=O)c1. The molecule has 1 amide bonds. The molecule has 5 heteroatoms. The zero-order chi connectivity index (χ0) is 12.1. The Kier molecular flexibility index (Phi) is 4.25. The van der Waals surface area contributed by atoms with Gasteiger partial charge in [0.05, 0.1) is 0 Å². The maximum atomic E-state index is 11.7. The number of pyridine rings is 1. The van der Waals surface area contributed by atoms with Crippen molar-refractivity contribution in [3.8, 4) is 0 Å². The number of rotatable bonds is 4. The number of nitrogens with one attached hydrogen (secondary N) is 1. The lowest BCUT2D eigenvalue weighted by Crippen LogP contribution is -2.34. The van der Waals surface area contributed by atoms with Crippen molar-refractivity contribution in [2.24, 2.45) is 12.8 Å². The molecule has 0 radical (unpaired) electrons. The molecule has 1 aromatic rings. The summed E-state index contributed by atoms with van der Waals surface area (Å²) in [5.74, 6) is -0.237. The van der Waals surface area contributed by atoms with E-state index in [1.807, 2.05) is 6.92 Å². The minimum atomic E-state index is -0.237. The van der Waals surface area contributed by atoms with Crippen LogP contribution < -0.4 is 16.6 Å². The van der Waals surface area contributed by atoms with E-state index in [1.165, 1.54) is 10.6 Å². The fourth-order valence-corrected chi connectivity index (χ4v) is 1.32. The third-order valence-electron chi connectivity index (χ3n) is 2.34. The molecule has 1 heterocycles. The second kappa shape index (κ2) is 5.46. The Bertz CT molecular complexity index is 425.